The van der Waals surface area contributed by atoms with Gasteiger partial charge >= 0.3 is 0 Å². The predicted molar refractivity (Wildman–Crippen MR) is 78.7 cm³/mol. The second kappa shape index (κ2) is 4.63. The van der Waals surface area contributed by atoms with Crippen LogP contribution in [-0.4, -0.2) is 23.1 Å². The number of anilines is 1. The third kappa shape index (κ3) is 1.93. The molecule has 0 atom stereocenters. The molecule has 4 nitrogen and oxygen atoms in total. The number of benzene rings is 1. The number of oxazole rings is 1. The molecule has 0 radical (unpaired) electrons. The highest BCUT2D eigenvalue weighted by atomic mass is 16.3. The van der Waals surface area contributed by atoms with E-state index in [2.05, 4.69) is 20.9 Å². The Kier molecular flexibility index (Phi) is 2.66. The number of hydrogen-bond acceptors (Lipinski definition) is 4. The SMILES string of the molecule is c1ccc2oc(-c3ccc(N4CCCC4)nc3)nc2c1. The Hall–Kier alpha value is -2.36. The van der Waals surface area contributed by atoms with Crippen molar-refractivity contribution in [3.05, 3.63) is 42.6 Å². The summed E-state index contributed by atoms with van der Waals surface area (Å²) in [6.07, 6.45) is 4.36. The Bertz CT molecular complexity index is 694. The molecule has 4 heteroatoms. The average Bonchev–Trinajstić information content (AvgIpc) is 3.17. The van der Waals surface area contributed by atoms with Crippen molar-refractivity contribution < 1.29 is 4.42 Å². The van der Waals surface area contributed by atoms with Gasteiger partial charge in [0.25, 0.3) is 0 Å². The Morgan fingerprint density at radius 3 is 2.60 bits per heavy atom. The maximum absolute atomic E-state index is 5.75. The minimum atomic E-state index is 0.631. The van der Waals surface area contributed by atoms with E-state index in [1.807, 2.05) is 36.5 Å². The molecule has 0 unspecified atom stereocenters. The molecule has 0 bridgehead atoms. The lowest BCUT2D eigenvalue weighted by molar-refractivity contribution is 0.619. The van der Waals surface area contributed by atoms with Gasteiger partial charge in [-0.05, 0) is 37.1 Å². The van der Waals surface area contributed by atoms with Gasteiger partial charge in [-0.1, -0.05) is 12.1 Å². The number of pyridine rings is 1. The first-order chi connectivity index (χ1) is 9.90. The Morgan fingerprint density at radius 2 is 1.85 bits per heavy atom. The molecule has 3 aromatic rings. The van der Waals surface area contributed by atoms with Crippen LogP contribution in [0.2, 0.25) is 0 Å². The Balaban J connectivity index is 1.67. The van der Waals surface area contributed by atoms with E-state index in [-0.39, 0.29) is 0 Å². The molecule has 0 N–H and O–H groups in total. The molecular formula is C16H15N3O. The van der Waals surface area contributed by atoms with Crippen LogP contribution in [0.25, 0.3) is 22.6 Å². The second-order valence-electron chi connectivity index (χ2n) is 5.09. The fourth-order valence-corrected chi connectivity index (χ4v) is 2.64. The van der Waals surface area contributed by atoms with Crippen molar-refractivity contribution in [2.75, 3.05) is 18.0 Å². The molecule has 100 valence electrons. The van der Waals surface area contributed by atoms with Gasteiger partial charge in [-0.2, -0.15) is 0 Å². The first kappa shape index (κ1) is 11.5. The van der Waals surface area contributed by atoms with Gasteiger partial charge in [0.2, 0.25) is 5.89 Å². The van der Waals surface area contributed by atoms with E-state index in [9.17, 15) is 0 Å². The van der Waals surface area contributed by atoms with Gasteiger partial charge in [0.15, 0.2) is 5.58 Å². The zero-order valence-corrected chi connectivity index (χ0v) is 11.1. The topological polar surface area (TPSA) is 42.2 Å². The smallest absolute Gasteiger partial charge is 0.228 e. The summed E-state index contributed by atoms with van der Waals surface area (Å²) in [6.45, 7) is 2.21. The maximum atomic E-state index is 5.75. The summed E-state index contributed by atoms with van der Waals surface area (Å²) in [5, 5.41) is 0. The zero-order chi connectivity index (χ0) is 13.4. The van der Waals surface area contributed by atoms with Crippen molar-refractivity contribution in [2.24, 2.45) is 0 Å². The van der Waals surface area contributed by atoms with Crippen LogP contribution in [0.5, 0.6) is 0 Å². The summed E-state index contributed by atoms with van der Waals surface area (Å²) in [5.74, 6) is 1.68. The highest BCUT2D eigenvalue weighted by Gasteiger charge is 2.14. The van der Waals surface area contributed by atoms with Crippen LogP contribution in [0, 0.1) is 0 Å². The van der Waals surface area contributed by atoms with E-state index in [4.69, 9.17) is 4.42 Å². The molecule has 0 spiro atoms. The molecule has 1 aliphatic rings. The molecular weight excluding hydrogens is 250 g/mol. The molecule has 2 aromatic heterocycles. The number of fused-ring (bicyclic) bond motifs is 1. The average molecular weight is 265 g/mol. The fraction of sp³-hybridized carbons (Fsp3) is 0.250. The summed E-state index contributed by atoms with van der Waals surface area (Å²) in [6, 6.07) is 11.9. The summed E-state index contributed by atoms with van der Waals surface area (Å²) < 4.78 is 5.75. The van der Waals surface area contributed by atoms with E-state index in [1.165, 1.54) is 12.8 Å². The van der Waals surface area contributed by atoms with E-state index in [0.717, 1.165) is 35.6 Å². The van der Waals surface area contributed by atoms with E-state index in [0.29, 0.717) is 5.89 Å². The largest absolute Gasteiger partial charge is 0.436 e. The lowest BCUT2D eigenvalue weighted by Gasteiger charge is -2.15. The number of hydrogen-bond donors (Lipinski definition) is 0. The molecule has 20 heavy (non-hydrogen) atoms. The molecule has 0 amide bonds. The lowest BCUT2D eigenvalue weighted by atomic mass is 10.3. The molecule has 3 heterocycles. The summed E-state index contributed by atoms with van der Waals surface area (Å²) in [7, 11) is 0. The summed E-state index contributed by atoms with van der Waals surface area (Å²) in [5.41, 5.74) is 2.61. The third-order valence-corrected chi connectivity index (χ3v) is 3.72. The Labute approximate surface area is 117 Å². The lowest BCUT2D eigenvalue weighted by Crippen LogP contribution is -2.18. The van der Waals surface area contributed by atoms with Crippen LogP contribution in [0.4, 0.5) is 5.82 Å². The molecule has 0 saturated carbocycles. The molecule has 0 aliphatic carbocycles. The molecule has 1 aliphatic heterocycles. The van der Waals surface area contributed by atoms with E-state index < -0.39 is 0 Å². The van der Waals surface area contributed by atoms with Crippen LogP contribution in [0.1, 0.15) is 12.8 Å². The number of nitrogens with zero attached hydrogens (tertiary/aromatic N) is 3. The number of rotatable bonds is 2. The second-order valence-corrected chi connectivity index (χ2v) is 5.09. The van der Waals surface area contributed by atoms with Gasteiger partial charge in [0.1, 0.15) is 11.3 Å². The van der Waals surface area contributed by atoms with Crippen LogP contribution in [0.15, 0.2) is 47.0 Å². The van der Waals surface area contributed by atoms with Gasteiger partial charge in [-0.25, -0.2) is 9.97 Å². The standard InChI is InChI=1S/C16H15N3O/c1-2-6-14-13(5-1)18-16(20-14)12-7-8-15(17-11-12)19-9-3-4-10-19/h1-2,5-8,11H,3-4,9-10H2. The minimum Gasteiger partial charge on any atom is -0.436 e. The van der Waals surface area contributed by atoms with Gasteiger partial charge in [-0.15, -0.1) is 0 Å². The van der Waals surface area contributed by atoms with Crippen molar-refractivity contribution in [3.63, 3.8) is 0 Å². The number of para-hydroxylation sites is 2. The van der Waals surface area contributed by atoms with Crippen molar-refractivity contribution in [3.8, 4) is 11.5 Å². The fourth-order valence-electron chi connectivity index (χ4n) is 2.64. The van der Waals surface area contributed by atoms with E-state index >= 15 is 0 Å². The monoisotopic (exact) mass is 265 g/mol. The maximum Gasteiger partial charge on any atom is 0.228 e. The molecule has 1 aromatic carbocycles. The highest BCUT2D eigenvalue weighted by molar-refractivity contribution is 5.75. The zero-order valence-electron chi connectivity index (χ0n) is 11.1. The van der Waals surface area contributed by atoms with Gasteiger partial charge in [-0.3, -0.25) is 0 Å². The van der Waals surface area contributed by atoms with Crippen LogP contribution < -0.4 is 4.90 Å². The third-order valence-electron chi connectivity index (χ3n) is 3.72. The first-order valence-electron chi connectivity index (χ1n) is 6.97. The molecule has 1 saturated heterocycles. The van der Waals surface area contributed by atoms with Crippen molar-refractivity contribution in [2.45, 2.75) is 12.8 Å². The highest BCUT2D eigenvalue weighted by Crippen LogP contribution is 2.25. The quantitative estimate of drug-likeness (QED) is 0.711. The minimum absolute atomic E-state index is 0.631. The van der Waals surface area contributed by atoms with Crippen LogP contribution in [0.3, 0.4) is 0 Å². The predicted octanol–water partition coefficient (Wildman–Crippen LogP) is 3.49. The summed E-state index contributed by atoms with van der Waals surface area (Å²) in [4.78, 5) is 11.3. The van der Waals surface area contributed by atoms with Crippen LogP contribution >= 0.6 is 0 Å². The van der Waals surface area contributed by atoms with Gasteiger partial charge in [0.05, 0.1) is 5.56 Å². The van der Waals surface area contributed by atoms with Crippen molar-refractivity contribution in [1.82, 2.24) is 9.97 Å². The van der Waals surface area contributed by atoms with Gasteiger partial charge in [0, 0.05) is 19.3 Å². The van der Waals surface area contributed by atoms with E-state index in [1.54, 1.807) is 0 Å². The van der Waals surface area contributed by atoms with Crippen molar-refractivity contribution >= 4 is 16.9 Å². The Morgan fingerprint density at radius 1 is 1.00 bits per heavy atom. The van der Waals surface area contributed by atoms with Gasteiger partial charge < -0.3 is 9.32 Å². The van der Waals surface area contributed by atoms with Crippen molar-refractivity contribution in [1.29, 1.82) is 0 Å². The van der Waals surface area contributed by atoms with Crippen LogP contribution in [-0.2, 0) is 0 Å². The molecule has 1 fully saturated rings. The first-order valence-corrected chi connectivity index (χ1v) is 6.97. The normalized spacial score (nSPS) is 15.1. The summed E-state index contributed by atoms with van der Waals surface area (Å²) >= 11 is 0. The number of aromatic nitrogens is 2. The molecule has 4 rings (SSSR count).